The van der Waals surface area contributed by atoms with Gasteiger partial charge in [0.15, 0.2) is 0 Å². The molecule has 112 valence electrons. The number of carboxylic acids is 1. The van der Waals surface area contributed by atoms with E-state index >= 15 is 0 Å². The molecule has 0 saturated heterocycles. The van der Waals surface area contributed by atoms with E-state index in [4.69, 9.17) is 5.11 Å². The highest BCUT2D eigenvalue weighted by Crippen LogP contribution is 2.32. The second-order valence-electron chi connectivity index (χ2n) is 4.67. The Labute approximate surface area is 127 Å². The van der Waals surface area contributed by atoms with Gasteiger partial charge in [-0.05, 0) is 29.3 Å². The second-order valence-corrected chi connectivity index (χ2v) is 4.67. The molecule has 0 aromatic heterocycles. The number of nitrogens with one attached hydrogen (secondary N) is 1. The number of anilines is 1. The Morgan fingerprint density at radius 2 is 1.77 bits per heavy atom. The average Bonchev–Trinajstić information content (AvgIpc) is 2.46. The topological polar surface area (TPSA) is 86.6 Å². The van der Waals surface area contributed by atoms with E-state index in [2.05, 4.69) is 5.32 Å². The number of carbonyl (C=O) groups excluding carboxylic acids is 1. The van der Waals surface area contributed by atoms with E-state index in [0.717, 1.165) is 17.2 Å². The first-order chi connectivity index (χ1) is 10.5. The van der Waals surface area contributed by atoms with Gasteiger partial charge in [0, 0.05) is 18.6 Å². The number of hydrogen-bond acceptors (Lipinski definition) is 3. The van der Waals surface area contributed by atoms with E-state index in [1.54, 1.807) is 36.4 Å². The number of rotatable bonds is 4. The molecule has 0 fully saturated rings. The van der Waals surface area contributed by atoms with Crippen molar-refractivity contribution < 1.29 is 19.8 Å². The van der Waals surface area contributed by atoms with Gasteiger partial charge in [-0.3, -0.25) is 4.79 Å². The van der Waals surface area contributed by atoms with Crippen LogP contribution in [0.1, 0.15) is 12.5 Å². The van der Waals surface area contributed by atoms with E-state index in [9.17, 15) is 14.7 Å². The lowest BCUT2D eigenvalue weighted by molar-refractivity contribution is -0.131. The summed E-state index contributed by atoms with van der Waals surface area (Å²) in [6.07, 6.45) is 2.44. The normalized spacial score (nSPS) is 10.6. The number of benzene rings is 2. The van der Waals surface area contributed by atoms with Crippen LogP contribution in [-0.4, -0.2) is 22.1 Å². The van der Waals surface area contributed by atoms with Crippen molar-refractivity contribution in [2.45, 2.75) is 6.92 Å². The molecule has 22 heavy (non-hydrogen) atoms. The molecule has 2 rings (SSSR count). The Kier molecular flexibility index (Phi) is 4.58. The Morgan fingerprint density at radius 3 is 2.36 bits per heavy atom. The van der Waals surface area contributed by atoms with Crippen LogP contribution in [0, 0.1) is 0 Å². The van der Waals surface area contributed by atoms with Gasteiger partial charge < -0.3 is 15.5 Å². The third-order valence-corrected chi connectivity index (χ3v) is 2.98. The minimum Gasteiger partial charge on any atom is -0.508 e. The first-order valence-corrected chi connectivity index (χ1v) is 6.58. The van der Waals surface area contributed by atoms with Gasteiger partial charge in [0.05, 0.1) is 5.69 Å². The summed E-state index contributed by atoms with van der Waals surface area (Å²) in [6.45, 7) is 1.39. The smallest absolute Gasteiger partial charge is 0.328 e. The molecule has 0 aliphatic rings. The fraction of sp³-hybridized carbons (Fsp3) is 0.0588. The monoisotopic (exact) mass is 297 g/mol. The molecular weight excluding hydrogens is 282 g/mol. The zero-order valence-electron chi connectivity index (χ0n) is 11.9. The van der Waals surface area contributed by atoms with Crippen LogP contribution < -0.4 is 5.32 Å². The molecule has 0 unspecified atom stereocenters. The zero-order chi connectivity index (χ0) is 16.1. The third-order valence-electron chi connectivity index (χ3n) is 2.98. The second kappa shape index (κ2) is 6.58. The molecule has 0 atom stereocenters. The predicted molar refractivity (Wildman–Crippen MR) is 84.5 cm³/mol. The molecule has 2 aromatic rings. The van der Waals surface area contributed by atoms with Crippen molar-refractivity contribution in [3.63, 3.8) is 0 Å². The van der Waals surface area contributed by atoms with E-state index in [0.29, 0.717) is 11.3 Å². The molecule has 1 amide bonds. The van der Waals surface area contributed by atoms with Crippen LogP contribution in [0.3, 0.4) is 0 Å². The van der Waals surface area contributed by atoms with Crippen molar-refractivity contribution in [2.24, 2.45) is 0 Å². The molecule has 5 nitrogen and oxygen atoms in total. The van der Waals surface area contributed by atoms with Gasteiger partial charge in [0.1, 0.15) is 5.75 Å². The number of aliphatic carboxylic acids is 1. The van der Waals surface area contributed by atoms with Gasteiger partial charge in [-0.2, -0.15) is 0 Å². The lowest BCUT2D eigenvalue weighted by Gasteiger charge is -2.13. The summed E-state index contributed by atoms with van der Waals surface area (Å²) in [5, 5.41) is 20.9. The Morgan fingerprint density at radius 1 is 1.09 bits per heavy atom. The van der Waals surface area contributed by atoms with Gasteiger partial charge in [0.2, 0.25) is 5.91 Å². The molecule has 2 aromatic carbocycles. The van der Waals surface area contributed by atoms with E-state index in [1.807, 2.05) is 6.07 Å². The average molecular weight is 297 g/mol. The standard InChI is InChI=1S/C17H15NO4/c1-11(19)18-17-13(7-10-16(21)22)3-2-4-15(17)12-5-8-14(20)9-6-12/h2-10,20H,1H3,(H,18,19)(H,21,22)/b10-7+. The van der Waals surface area contributed by atoms with Crippen LogP contribution in [0.5, 0.6) is 5.75 Å². The van der Waals surface area contributed by atoms with Gasteiger partial charge in [-0.1, -0.05) is 30.3 Å². The first-order valence-electron chi connectivity index (χ1n) is 6.58. The van der Waals surface area contributed by atoms with Crippen molar-refractivity contribution >= 4 is 23.6 Å². The van der Waals surface area contributed by atoms with Crippen LogP contribution >= 0.6 is 0 Å². The number of phenols is 1. The first kappa shape index (κ1) is 15.3. The van der Waals surface area contributed by atoms with Crippen LogP contribution in [-0.2, 0) is 9.59 Å². The van der Waals surface area contributed by atoms with Gasteiger partial charge in [-0.15, -0.1) is 0 Å². The molecule has 0 radical (unpaired) electrons. The number of amides is 1. The molecular formula is C17H15NO4. The highest BCUT2D eigenvalue weighted by Gasteiger charge is 2.10. The summed E-state index contributed by atoms with van der Waals surface area (Å²) in [5.74, 6) is -1.17. The number of hydrogen-bond donors (Lipinski definition) is 3. The number of para-hydroxylation sites is 1. The van der Waals surface area contributed by atoms with Crippen molar-refractivity contribution in [1.29, 1.82) is 0 Å². The summed E-state index contributed by atoms with van der Waals surface area (Å²) in [4.78, 5) is 22.1. The Balaban J connectivity index is 2.57. The highest BCUT2D eigenvalue weighted by molar-refractivity contribution is 5.98. The molecule has 5 heteroatoms. The summed E-state index contributed by atoms with van der Waals surface area (Å²) in [7, 11) is 0. The van der Waals surface area contributed by atoms with Crippen molar-refractivity contribution in [2.75, 3.05) is 5.32 Å². The van der Waals surface area contributed by atoms with E-state index in [1.165, 1.54) is 13.0 Å². The highest BCUT2D eigenvalue weighted by atomic mass is 16.4. The maximum atomic E-state index is 11.4. The van der Waals surface area contributed by atoms with Crippen LogP contribution in [0.25, 0.3) is 17.2 Å². The molecule has 3 N–H and O–H groups in total. The summed E-state index contributed by atoms with van der Waals surface area (Å²) >= 11 is 0. The quantitative estimate of drug-likeness (QED) is 0.757. The summed E-state index contributed by atoms with van der Waals surface area (Å²) < 4.78 is 0. The number of carboxylic acid groups (broad SMARTS) is 1. The van der Waals surface area contributed by atoms with Gasteiger partial charge >= 0.3 is 5.97 Å². The largest absolute Gasteiger partial charge is 0.508 e. The fourth-order valence-corrected chi connectivity index (χ4v) is 2.07. The van der Waals surface area contributed by atoms with Crippen LogP contribution in [0.2, 0.25) is 0 Å². The third kappa shape index (κ3) is 3.73. The minimum absolute atomic E-state index is 0.145. The maximum Gasteiger partial charge on any atom is 0.328 e. The maximum absolute atomic E-state index is 11.4. The fourth-order valence-electron chi connectivity index (χ4n) is 2.07. The SMILES string of the molecule is CC(=O)Nc1c(/C=C/C(=O)O)cccc1-c1ccc(O)cc1. The van der Waals surface area contributed by atoms with E-state index < -0.39 is 5.97 Å². The number of phenolic OH excluding ortho intramolecular Hbond substituents is 1. The lowest BCUT2D eigenvalue weighted by atomic mass is 9.99. The molecule has 0 aliphatic heterocycles. The van der Waals surface area contributed by atoms with Crippen molar-refractivity contribution in [1.82, 2.24) is 0 Å². The number of carbonyl (C=O) groups is 2. The Bertz CT molecular complexity index is 733. The molecule has 0 spiro atoms. The van der Waals surface area contributed by atoms with Gasteiger partial charge in [0.25, 0.3) is 0 Å². The van der Waals surface area contributed by atoms with Crippen molar-refractivity contribution in [3.8, 4) is 16.9 Å². The summed E-state index contributed by atoms with van der Waals surface area (Å²) in [5.41, 5.74) is 2.65. The summed E-state index contributed by atoms with van der Waals surface area (Å²) in [6, 6.07) is 11.8. The lowest BCUT2D eigenvalue weighted by Crippen LogP contribution is -2.08. The van der Waals surface area contributed by atoms with Crippen LogP contribution in [0.4, 0.5) is 5.69 Å². The number of aromatic hydroxyl groups is 1. The minimum atomic E-state index is -1.07. The zero-order valence-corrected chi connectivity index (χ0v) is 11.9. The van der Waals surface area contributed by atoms with E-state index in [-0.39, 0.29) is 11.7 Å². The molecule has 0 saturated carbocycles. The molecule has 0 aliphatic carbocycles. The molecule has 0 bridgehead atoms. The molecule has 0 heterocycles. The van der Waals surface area contributed by atoms with Crippen LogP contribution in [0.15, 0.2) is 48.5 Å². The van der Waals surface area contributed by atoms with Crippen molar-refractivity contribution in [3.05, 3.63) is 54.1 Å². The van der Waals surface area contributed by atoms with Gasteiger partial charge in [-0.25, -0.2) is 4.79 Å². The predicted octanol–water partition coefficient (Wildman–Crippen LogP) is 3.12. The Hall–Kier alpha value is -3.08.